The Hall–Kier alpha value is -6.75. The van der Waals surface area contributed by atoms with Crippen molar-refractivity contribution < 1.29 is 0 Å². The lowest BCUT2D eigenvalue weighted by Crippen LogP contribution is -2.00. The molecule has 0 fully saturated rings. The number of aromatic nitrogens is 3. The standard InChI is InChI=1S/C49H31N3S/c1-3-10-32(11-4-1)38-16-9-17-39(28-38)41-25-27-45-44(30-41)43-26-24-42(31-46(43)53-45)49-51-47(35-13-5-2-6-14-35)50-48(52-49)36-21-18-34(19-22-36)40-23-20-33-12-7-8-15-37(33)29-40/h1-31H. The molecule has 0 bridgehead atoms. The Morgan fingerprint density at radius 2 is 0.755 bits per heavy atom. The zero-order valence-electron chi connectivity index (χ0n) is 28.6. The Morgan fingerprint density at radius 1 is 0.264 bits per heavy atom. The highest BCUT2D eigenvalue weighted by Gasteiger charge is 2.15. The first-order valence-electron chi connectivity index (χ1n) is 17.8. The summed E-state index contributed by atoms with van der Waals surface area (Å²) in [6, 6.07) is 66.5. The summed E-state index contributed by atoms with van der Waals surface area (Å²) in [5.41, 5.74) is 10.1. The number of fused-ring (bicyclic) bond motifs is 4. The lowest BCUT2D eigenvalue weighted by Gasteiger charge is -2.10. The van der Waals surface area contributed by atoms with E-state index in [1.54, 1.807) is 11.3 Å². The molecule has 2 aromatic heterocycles. The molecule has 10 rings (SSSR count). The zero-order valence-corrected chi connectivity index (χ0v) is 29.5. The summed E-state index contributed by atoms with van der Waals surface area (Å²) in [7, 11) is 0. The van der Waals surface area contributed by atoms with Gasteiger partial charge in [0.05, 0.1) is 0 Å². The predicted molar refractivity (Wildman–Crippen MR) is 223 cm³/mol. The van der Waals surface area contributed by atoms with E-state index in [9.17, 15) is 0 Å². The van der Waals surface area contributed by atoms with E-state index in [2.05, 4.69) is 158 Å². The molecule has 3 nitrogen and oxygen atoms in total. The normalized spacial score (nSPS) is 11.4. The molecule has 4 heteroatoms. The Labute approximate surface area is 311 Å². The molecule has 0 unspecified atom stereocenters. The van der Waals surface area contributed by atoms with E-state index in [-0.39, 0.29) is 0 Å². The number of hydrogen-bond donors (Lipinski definition) is 0. The molecule has 53 heavy (non-hydrogen) atoms. The average Bonchev–Trinajstić information content (AvgIpc) is 3.61. The molecule has 0 aliphatic rings. The van der Waals surface area contributed by atoms with Crippen molar-refractivity contribution in [3.05, 3.63) is 188 Å². The van der Waals surface area contributed by atoms with Crippen LogP contribution in [0.5, 0.6) is 0 Å². The molecule has 0 spiro atoms. The second-order valence-corrected chi connectivity index (χ2v) is 14.4. The first-order chi connectivity index (χ1) is 26.2. The second-order valence-electron chi connectivity index (χ2n) is 13.3. The molecule has 0 saturated carbocycles. The molecule has 0 saturated heterocycles. The predicted octanol–water partition coefficient (Wildman–Crippen LogP) is 13.4. The van der Waals surface area contributed by atoms with Gasteiger partial charge in [0.15, 0.2) is 17.5 Å². The van der Waals surface area contributed by atoms with Gasteiger partial charge in [0.1, 0.15) is 0 Å². The van der Waals surface area contributed by atoms with Crippen LogP contribution < -0.4 is 0 Å². The van der Waals surface area contributed by atoms with Crippen molar-refractivity contribution in [3.8, 4) is 67.5 Å². The fraction of sp³-hybridized carbons (Fsp3) is 0. The van der Waals surface area contributed by atoms with Crippen LogP contribution in [0, 0.1) is 0 Å². The fourth-order valence-corrected chi connectivity index (χ4v) is 8.26. The first-order valence-corrected chi connectivity index (χ1v) is 18.6. The van der Waals surface area contributed by atoms with Gasteiger partial charge in [0.25, 0.3) is 0 Å². The second kappa shape index (κ2) is 13.1. The highest BCUT2D eigenvalue weighted by Crippen LogP contribution is 2.39. The van der Waals surface area contributed by atoms with Crippen LogP contribution in [0.3, 0.4) is 0 Å². The minimum Gasteiger partial charge on any atom is -0.208 e. The summed E-state index contributed by atoms with van der Waals surface area (Å²) in [6.07, 6.45) is 0. The lowest BCUT2D eigenvalue weighted by molar-refractivity contribution is 1.07. The average molecular weight is 694 g/mol. The van der Waals surface area contributed by atoms with Gasteiger partial charge < -0.3 is 0 Å². The van der Waals surface area contributed by atoms with E-state index < -0.39 is 0 Å². The van der Waals surface area contributed by atoms with Crippen molar-refractivity contribution in [1.29, 1.82) is 0 Å². The van der Waals surface area contributed by atoms with Crippen molar-refractivity contribution in [2.24, 2.45) is 0 Å². The van der Waals surface area contributed by atoms with Gasteiger partial charge in [0.2, 0.25) is 0 Å². The number of benzene rings is 8. The van der Waals surface area contributed by atoms with Crippen LogP contribution in [0.4, 0.5) is 0 Å². The molecule has 8 aromatic carbocycles. The minimum absolute atomic E-state index is 0.651. The zero-order chi connectivity index (χ0) is 35.1. The number of thiophene rings is 1. The van der Waals surface area contributed by atoms with Crippen LogP contribution in [0.2, 0.25) is 0 Å². The van der Waals surface area contributed by atoms with Gasteiger partial charge >= 0.3 is 0 Å². The molecule has 0 aliphatic carbocycles. The van der Waals surface area contributed by atoms with Gasteiger partial charge in [-0.1, -0.05) is 158 Å². The van der Waals surface area contributed by atoms with Crippen LogP contribution in [-0.2, 0) is 0 Å². The van der Waals surface area contributed by atoms with Crippen molar-refractivity contribution in [2.75, 3.05) is 0 Å². The number of hydrogen-bond acceptors (Lipinski definition) is 4. The van der Waals surface area contributed by atoms with E-state index in [1.165, 1.54) is 58.8 Å². The molecular formula is C49H31N3S. The third-order valence-corrected chi connectivity index (χ3v) is 11.1. The van der Waals surface area contributed by atoms with Crippen molar-refractivity contribution in [3.63, 3.8) is 0 Å². The molecule has 0 aliphatic heterocycles. The summed E-state index contributed by atoms with van der Waals surface area (Å²) in [4.78, 5) is 15.1. The van der Waals surface area contributed by atoms with Crippen LogP contribution in [0.25, 0.3) is 98.5 Å². The number of nitrogens with zero attached hydrogens (tertiary/aromatic N) is 3. The largest absolute Gasteiger partial charge is 0.208 e. The summed E-state index contributed by atoms with van der Waals surface area (Å²) < 4.78 is 2.46. The quantitative estimate of drug-likeness (QED) is 0.174. The van der Waals surface area contributed by atoms with E-state index in [0.717, 1.165) is 22.3 Å². The molecule has 10 aromatic rings. The maximum atomic E-state index is 5.07. The van der Waals surface area contributed by atoms with Gasteiger partial charge in [-0.05, 0) is 74.5 Å². The van der Waals surface area contributed by atoms with Crippen LogP contribution in [-0.4, -0.2) is 15.0 Å². The number of rotatable bonds is 6. The van der Waals surface area contributed by atoms with Crippen molar-refractivity contribution in [1.82, 2.24) is 15.0 Å². The smallest absolute Gasteiger partial charge is 0.164 e. The fourth-order valence-electron chi connectivity index (χ4n) is 7.14. The Bertz CT molecular complexity index is 2930. The van der Waals surface area contributed by atoms with E-state index in [1.807, 2.05) is 30.3 Å². The van der Waals surface area contributed by atoms with Gasteiger partial charge in [-0.15, -0.1) is 11.3 Å². The first kappa shape index (κ1) is 31.0. The molecule has 248 valence electrons. The third kappa shape index (κ3) is 5.95. The van der Waals surface area contributed by atoms with Gasteiger partial charge in [-0.3, -0.25) is 0 Å². The Balaban J connectivity index is 1.02. The minimum atomic E-state index is 0.651. The summed E-state index contributed by atoms with van der Waals surface area (Å²) in [5, 5.41) is 4.96. The molecule has 0 radical (unpaired) electrons. The van der Waals surface area contributed by atoms with E-state index in [0.29, 0.717) is 17.5 Å². The lowest BCUT2D eigenvalue weighted by atomic mass is 9.98. The van der Waals surface area contributed by atoms with Gasteiger partial charge in [-0.2, -0.15) is 0 Å². The van der Waals surface area contributed by atoms with Crippen LogP contribution in [0.15, 0.2) is 188 Å². The van der Waals surface area contributed by atoms with Gasteiger partial charge in [-0.25, -0.2) is 15.0 Å². The molecule has 0 N–H and O–H groups in total. The highest BCUT2D eigenvalue weighted by atomic mass is 32.1. The summed E-state index contributed by atoms with van der Waals surface area (Å²) >= 11 is 1.80. The molecule has 0 amide bonds. The third-order valence-electron chi connectivity index (χ3n) is 9.93. The van der Waals surface area contributed by atoms with Gasteiger partial charge in [0, 0.05) is 36.9 Å². The maximum absolute atomic E-state index is 5.07. The summed E-state index contributed by atoms with van der Waals surface area (Å²) in [6.45, 7) is 0. The van der Waals surface area contributed by atoms with E-state index >= 15 is 0 Å². The van der Waals surface area contributed by atoms with E-state index in [4.69, 9.17) is 15.0 Å². The van der Waals surface area contributed by atoms with Crippen LogP contribution >= 0.6 is 11.3 Å². The molecule has 2 heterocycles. The topological polar surface area (TPSA) is 38.7 Å². The highest BCUT2D eigenvalue weighted by molar-refractivity contribution is 7.25. The Kier molecular flexibility index (Phi) is 7.67. The molecular weight excluding hydrogens is 663 g/mol. The molecule has 0 atom stereocenters. The Morgan fingerprint density at radius 3 is 1.51 bits per heavy atom. The monoisotopic (exact) mass is 693 g/mol. The summed E-state index contributed by atoms with van der Waals surface area (Å²) in [5.74, 6) is 1.96. The maximum Gasteiger partial charge on any atom is 0.164 e. The van der Waals surface area contributed by atoms with Crippen molar-refractivity contribution in [2.45, 2.75) is 0 Å². The SMILES string of the molecule is c1ccc(-c2cccc(-c3ccc4sc5cc(-c6nc(-c7ccccc7)nc(-c7ccc(-c8ccc9ccccc9c8)cc7)n6)ccc5c4c3)c2)cc1. The van der Waals surface area contributed by atoms with Crippen molar-refractivity contribution >= 4 is 42.3 Å². The van der Waals surface area contributed by atoms with Crippen LogP contribution in [0.1, 0.15) is 0 Å².